The Labute approximate surface area is 121 Å². The minimum absolute atomic E-state index is 0.0725. The van der Waals surface area contributed by atoms with Gasteiger partial charge in [-0.25, -0.2) is 0 Å². The van der Waals surface area contributed by atoms with E-state index in [4.69, 9.17) is 6.42 Å². The van der Waals surface area contributed by atoms with Crippen LogP contribution in [0, 0.1) is 19.3 Å². The van der Waals surface area contributed by atoms with Gasteiger partial charge in [-0.15, -0.1) is 17.8 Å². The number of aromatic nitrogens is 1. The molecule has 2 aromatic heterocycles. The van der Waals surface area contributed by atoms with Crippen LogP contribution < -0.4 is 5.32 Å². The molecule has 1 N–H and O–H groups in total. The first-order chi connectivity index (χ1) is 9.84. The minimum atomic E-state index is -4.60. The molecule has 0 aliphatic rings. The number of thiophene rings is 1. The maximum atomic E-state index is 12.6. The third-order valence-corrected chi connectivity index (χ3v) is 3.69. The molecule has 0 fully saturated rings. The van der Waals surface area contributed by atoms with Gasteiger partial charge in [0.15, 0.2) is 0 Å². The standard InChI is InChI=1S/C13H9F3N2O2S/c1-3-6-17-12(19)9-5-4-8(21-9)10-7(2)11(20-18-10)13(14,15)16/h1,4-5H,6H2,2H3,(H,17,19). The summed E-state index contributed by atoms with van der Waals surface area (Å²) in [6.45, 7) is 1.35. The second-order valence-electron chi connectivity index (χ2n) is 4.03. The Hall–Kier alpha value is -2.27. The van der Waals surface area contributed by atoms with Crippen molar-refractivity contribution in [1.82, 2.24) is 10.5 Å². The molecule has 8 heteroatoms. The maximum absolute atomic E-state index is 12.6. The van der Waals surface area contributed by atoms with Crippen LogP contribution >= 0.6 is 11.3 Å². The zero-order valence-electron chi connectivity index (χ0n) is 10.7. The minimum Gasteiger partial charge on any atom is -0.351 e. The van der Waals surface area contributed by atoms with E-state index in [-0.39, 0.29) is 23.7 Å². The van der Waals surface area contributed by atoms with Gasteiger partial charge in [0.25, 0.3) is 5.91 Å². The average molecular weight is 314 g/mol. The second-order valence-corrected chi connectivity index (χ2v) is 5.12. The van der Waals surface area contributed by atoms with E-state index in [1.165, 1.54) is 19.1 Å². The number of hydrogen-bond acceptors (Lipinski definition) is 4. The highest BCUT2D eigenvalue weighted by Crippen LogP contribution is 2.38. The maximum Gasteiger partial charge on any atom is 0.452 e. The Bertz CT molecular complexity index is 710. The van der Waals surface area contributed by atoms with Gasteiger partial charge in [0, 0.05) is 5.56 Å². The van der Waals surface area contributed by atoms with Crippen LogP contribution in [0.1, 0.15) is 21.0 Å². The number of nitrogens with one attached hydrogen (secondary N) is 1. The first-order valence-corrected chi connectivity index (χ1v) is 6.51. The highest BCUT2D eigenvalue weighted by Gasteiger charge is 2.39. The quantitative estimate of drug-likeness (QED) is 0.886. The zero-order valence-corrected chi connectivity index (χ0v) is 11.6. The first kappa shape index (κ1) is 15.1. The van der Waals surface area contributed by atoms with Crippen molar-refractivity contribution in [3.63, 3.8) is 0 Å². The molecule has 0 atom stereocenters. The molecule has 2 heterocycles. The van der Waals surface area contributed by atoms with Crippen molar-refractivity contribution in [2.45, 2.75) is 13.1 Å². The Kier molecular flexibility index (Phi) is 4.04. The van der Waals surface area contributed by atoms with Crippen molar-refractivity contribution >= 4 is 17.2 Å². The van der Waals surface area contributed by atoms with E-state index in [0.717, 1.165) is 11.3 Å². The molecule has 110 valence electrons. The third-order valence-electron chi connectivity index (χ3n) is 2.60. The van der Waals surface area contributed by atoms with Crippen LogP contribution in [0.25, 0.3) is 10.6 Å². The number of terminal acetylenes is 1. The molecular weight excluding hydrogens is 305 g/mol. The number of halogens is 3. The molecule has 21 heavy (non-hydrogen) atoms. The molecule has 0 saturated carbocycles. The molecule has 0 unspecified atom stereocenters. The third kappa shape index (κ3) is 3.08. The van der Waals surface area contributed by atoms with Crippen molar-refractivity contribution in [2.75, 3.05) is 6.54 Å². The van der Waals surface area contributed by atoms with Gasteiger partial charge < -0.3 is 9.84 Å². The summed E-state index contributed by atoms with van der Waals surface area (Å²) in [6.07, 6.45) is 0.427. The fraction of sp³-hybridized carbons (Fsp3) is 0.231. The number of rotatable bonds is 3. The summed E-state index contributed by atoms with van der Waals surface area (Å²) < 4.78 is 42.3. The van der Waals surface area contributed by atoms with Gasteiger partial charge in [-0.1, -0.05) is 11.1 Å². The van der Waals surface area contributed by atoms with Gasteiger partial charge in [0.2, 0.25) is 5.76 Å². The molecule has 0 saturated heterocycles. The predicted octanol–water partition coefficient (Wildman–Crippen LogP) is 3.09. The smallest absolute Gasteiger partial charge is 0.351 e. The van der Waals surface area contributed by atoms with Crippen LogP contribution in [-0.2, 0) is 6.18 Å². The fourth-order valence-electron chi connectivity index (χ4n) is 1.64. The lowest BCUT2D eigenvalue weighted by Gasteiger charge is -2.01. The molecule has 2 rings (SSSR count). The molecule has 2 aromatic rings. The number of alkyl halides is 3. The fourth-order valence-corrected chi connectivity index (χ4v) is 2.60. The molecule has 4 nitrogen and oxygen atoms in total. The van der Waals surface area contributed by atoms with Gasteiger partial charge >= 0.3 is 6.18 Å². The van der Waals surface area contributed by atoms with Crippen molar-refractivity contribution in [2.24, 2.45) is 0 Å². The number of carbonyl (C=O) groups excluding carboxylic acids is 1. The summed E-state index contributed by atoms with van der Waals surface area (Å²) in [4.78, 5) is 12.4. The Balaban J connectivity index is 2.29. The van der Waals surface area contributed by atoms with E-state index in [1.54, 1.807) is 0 Å². The summed E-state index contributed by atoms with van der Waals surface area (Å²) in [6, 6.07) is 3.01. The van der Waals surface area contributed by atoms with Gasteiger partial charge in [0.05, 0.1) is 16.3 Å². The molecule has 0 spiro atoms. The highest BCUT2D eigenvalue weighted by atomic mass is 32.1. The predicted molar refractivity (Wildman–Crippen MR) is 70.7 cm³/mol. The van der Waals surface area contributed by atoms with Crippen LogP contribution in [0.4, 0.5) is 13.2 Å². The van der Waals surface area contributed by atoms with Gasteiger partial charge in [-0.2, -0.15) is 13.2 Å². The van der Waals surface area contributed by atoms with Crippen LogP contribution in [0.2, 0.25) is 0 Å². The molecule has 0 radical (unpaired) electrons. The Morgan fingerprint density at radius 3 is 2.81 bits per heavy atom. The zero-order chi connectivity index (χ0) is 15.6. The summed E-state index contributed by atoms with van der Waals surface area (Å²) >= 11 is 1.01. The Morgan fingerprint density at radius 2 is 2.24 bits per heavy atom. The molecular formula is C13H9F3N2O2S. The van der Waals surface area contributed by atoms with E-state index in [2.05, 4.69) is 20.9 Å². The topological polar surface area (TPSA) is 55.1 Å². The van der Waals surface area contributed by atoms with Crippen LogP contribution in [0.3, 0.4) is 0 Å². The molecule has 1 amide bonds. The highest BCUT2D eigenvalue weighted by molar-refractivity contribution is 7.17. The normalized spacial score (nSPS) is 11.2. The van der Waals surface area contributed by atoms with Crippen molar-refractivity contribution < 1.29 is 22.5 Å². The van der Waals surface area contributed by atoms with E-state index in [1.807, 2.05) is 0 Å². The van der Waals surface area contributed by atoms with Crippen molar-refractivity contribution in [3.05, 3.63) is 28.3 Å². The van der Waals surface area contributed by atoms with E-state index in [0.29, 0.717) is 9.75 Å². The summed E-state index contributed by atoms with van der Waals surface area (Å²) in [5, 5.41) is 5.91. The SMILES string of the molecule is C#CCNC(=O)c1ccc(-c2noc(C(F)(F)F)c2C)s1. The largest absolute Gasteiger partial charge is 0.452 e. The lowest BCUT2D eigenvalue weighted by atomic mass is 10.2. The number of nitrogens with zero attached hydrogens (tertiary/aromatic N) is 1. The molecule has 0 aromatic carbocycles. The number of amides is 1. The van der Waals surface area contributed by atoms with Gasteiger partial charge in [-0.3, -0.25) is 4.79 Å². The van der Waals surface area contributed by atoms with Crippen molar-refractivity contribution in [3.8, 4) is 22.9 Å². The summed E-state index contributed by atoms with van der Waals surface area (Å²) in [7, 11) is 0. The Morgan fingerprint density at radius 1 is 1.52 bits per heavy atom. The second kappa shape index (κ2) is 5.61. The number of carbonyl (C=O) groups is 1. The van der Waals surface area contributed by atoms with Gasteiger partial charge in [0.1, 0.15) is 5.69 Å². The van der Waals surface area contributed by atoms with E-state index in [9.17, 15) is 18.0 Å². The lowest BCUT2D eigenvalue weighted by Crippen LogP contribution is -2.22. The number of hydrogen-bond donors (Lipinski definition) is 1. The van der Waals surface area contributed by atoms with Crippen LogP contribution in [0.15, 0.2) is 16.7 Å². The van der Waals surface area contributed by atoms with Gasteiger partial charge in [-0.05, 0) is 19.1 Å². The van der Waals surface area contributed by atoms with Crippen LogP contribution in [0.5, 0.6) is 0 Å². The first-order valence-electron chi connectivity index (χ1n) is 5.70. The van der Waals surface area contributed by atoms with E-state index >= 15 is 0 Å². The van der Waals surface area contributed by atoms with Crippen LogP contribution in [-0.4, -0.2) is 17.6 Å². The lowest BCUT2D eigenvalue weighted by molar-refractivity contribution is -0.156. The van der Waals surface area contributed by atoms with E-state index < -0.39 is 11.9 Å². The molecule has 0 aliphatic heterocycles. The average Bonchev–Trinajstić information content (AvgIpc) is 3.01. The molecule has 0 bridgehead atoms. The molecule has 0 aliphatic carbocycles. The summed E-state index contributed by atoms with van der Waals surface area (Å²) in [5.41, 5.74) is -0.0387. The van der Waals surface area contributed by atoms with Crippen molar-refractivity contribution in [1.29, 1.82) is 0 Å². The monoisotopic (exact) mass is 314 g/mol. The summed E-state index contributed by atoms with van der Waals surface area (Å²) in [5.74, 6) is 0.734.